The van der Waals surface area contributed by atoms with Crippen molar-refractivity contribution in [2.24, 2.45) is 5.10 Å². The van der Waals surface area contributed by atoms with Gasteiger partial charge in [-0.1, -0.05) is 78.1 Å². The Morgan fingerprint density at radius 2 is 1.87 bits per heavy atom. The first-order chi connectivity index (χ1) is 18.0. The van der Waals surface area contributed by atoms with Crippen LogP contribution in [0.4, 0.5) is 0 Å². The van der Waals surface area contributed by atoms with Gasteiger partial charge in [0.2, 0.25) is 0 Å². The second-order valence-corrected chi connectivity index (χ2v) is 11.9. The van der Waals surface area contributed by atoms with E-state index in [-0.39, 0.29) is 5.56 Å². The highest BCUT2D eigenvalue weighted by atomic mass is 79.9. The molecule has 0 radical (unpaired) electrons. The molecule has 0 atom stereocenters. The first kappa shape index (κ1) is 28.3. The predicted molar refractivity (Wildman–Crippen MR) is 161 cm³/mol. The van der Waals surface area contributed by atoms with E-state index < -0.39 is 5.41 Å². The Hall–Kier alpha value is -2.68. The van der Waals surface area contributed by atoms with Gasteiger partial charge in [-0.15, -0.1) is 0 Å². The van der Waals surface area contributed by atoms with Crippen LogP contribution in [0.2, 0.25) is 5.02 Å². The smallest absolute Gasteiger partial charge is 0.282 e. The van der Waals surface area contributed by atoms with Gasteiger partial charge in [-0.25, -0.2) is 4.98 Å². The number of hydrogen-bond donors (Lipinski definition) is 0. The predicted octanol–water partition coefficient (Wildman–Crippen LogP) is 8.04. The summed E-state index contributed by atoms with van der Waals surface area (Å²) in [5.41, 5.74) is 2.72. The maximum Gasteiger partial charge on any atom is 0.282 e. The number of ether oxygens (including phenoxy) is 2. The second kappa shape index (κ2) is 11.6. The van der Waals surface area contributed by atoms with Crippen LogP contribution in [0, 0.1) is 6.92 Å². The van der Waals surface area contributed by atoms with E-state index in [4.69, 9.17) is 26.1 Å². The SMILES string of the molecule is CCOc1cc(C=Nn2c(C(C)(C)C)nc3ccc(Br)cc3c2=O)c(Br)c(Cl)c1OCc1cccc(C)c1. The molecule has 0 aliphatic carbocycles. The van der Waals surface area contributed by atoms with Crippen molar-refractivity contribution in [2.45, 2.75) is 46.6 Å². The molecule has 0 aliphatic heterocycles. The summed E-state index contributed by atoms with van der Waals surface area (Å²) < 4.78 is 14.7. The average molecular weight is 662 g/mol. The number of aromatic nitrogens is 2. The Kier molecular flexibility index (Phi) is 8.65. The van der Waals surface area contributed by atoms with Crippen molar-refractivity contribution >= 4 is 60.6 Å². The fourth-order valence-electron chi connectivity index (χ4n) is 3.91. The van der Waals surface area contributed by atoms with Crippen molar-refractivity contribution in [3.8, 4) is 11.5 Å². The standard InChI is InChI=1S/C29H28Br2ClN3O3/c1-6-37-23-13-19(24(31)25(32)26(23)38-16-18-9-7-8-17(2)12-18)15-33-35-27(36)21-14-20(30)10-11-22(21)34-28(35)29(3,4)5/h7-15H,6,16H2,1-5H3. The van der Waals surface area contributed by atoms with Crippen molar-refractivity contribution in [3.05, 3.63) is 95.4 Å². The molecule has 0 spiro atoms. The zero-order valence-electron chi connectivity index (χ0n) is 21.8. The second-order valence-electron chi connectivity index (χ2n) is 9.84. The highest BCUT2D eigenvalue weighted by Gasteiger charge is 2.23. The number of benzene rings is 3. The lowest BCUT2D eigenvalue weighted by atomic mass is 9.95. The van der Waals surface area contributed by atoms with E-state index in [1.807, 2.05) is 65.0 Å². The zero-order chi connectivity index (χ0) is 27.6. The highest BCUT2D eigenvalue weighted by molar-refractivity contribution is 9.10. The van der Waals surface area contributed by atoms with Gasteiger partial charge >= 0.3 is 0 Å². The molecular weight excluding hydrogens is 634 g/mol. The Labute approximate surface area is 243 Å². The molecule has 0 saturated heterocycles. The van der Waals surface area contributed by atoms with Crippen LogP contribution in [0.25, 0.3) is 10.9 Å². The van der Waals surface area contributed by atoms with Gasteiger partial charge in [-0.2, -0.15) is 9.78 Å². The molecule has 0 aliphatic rings. The van der Waals surface area contributed by atoms with Crippen molar-refractivity contribution in [1.29, 1.82) is 0 Å². The Balaban J connectivity index is 1.78. The minimum Gasteiger partial charge on any atom is -0.490 e. The molecule has 3 aromatic carbocycles. The Morgan fingerprint density at radius 1 is 1.11 bits per heavy atom. The van der Waals surface area contributed by atoms with Crippen molar-refractivity contribution in [1.82, 2.24) is 9.66 Å². The number of halogens is 3. The van der Waals surface area contributed by atoms with E-state index >= 15 is 0 Å². The summed E-state index contributed by atoms with van der Waals surface area (Å²) in [6.07, 6.45) is 1.57. The van der Waals surface area contributed by atoms with Gasteiger partial charge in [0.05, 0.1) is 23.7 Å². The lowest BCUT2D eigenvalue weighted by molar-refractivity contribution is 0.269. The molecular formula is C29H28Br2ClN3O3. The van der Waals surface area contributed by atoms with E-state index in [0.29, 0.717) is 56.5 Å². The molecule has 0 N–H and O–H groups in total. The van der Waals surface area contributed by atoms with Crippen molar-refractivity contribution in [2.75, 3.05) is 6.61 Å². The van der Waals surface area contributed by atoms with Crippen LogP contribution in [-0.2, 0) is 12.0 Å². The van der Waals surface area contributed by atoms with Crippen LogP contribution < -0.4 is 15.0 Å². The van der Waals surface area contributed by atoms with Crippen molar-refractivity contribution < 1.29 is 9.47 Å². The molecule has 0 bridgehead atoms. The molecule has 1 heterocycles. The maximum absolute atomic E-state index is 13.5. The minimum atomic E-state index is -0.434. The molecule has 198 valence electrons. The summed E-state index contributed by atoms with van der Waals surface area (Å²) in [4.78, 5) is 18.3. The van der Waals surface area contributed by atoms with Gasteiger partial charge in [0, 0.05) is 19.9 Å². The van der Waals surface area contributed by atoms with Gasteiger partial charge in [0.1, 0.15) is 17.5 Å². The van der Waals surface area contributed by atoms with E-state index in [0.717, 1.165) is 15.6 Å². The average Bonchev–Trinajstić information content (AvgIpc) is 2.85. The number of nitrogens with zero attached hydrogens (tertiary/aromatic N) is 3. The van der Waals surface area contributed by atoms with E-state index in [2.05, 4.69) is 43.0 Å². The number of aryl methyl sites for hydroxylation is 1. The Bertz CT molecular complexity index is 1590. The largest absolute Gasteiger partial charge is 0.490 e. The van der Waals surface area contributed by atoms with Gasteiger partial charge in [-0.05, 0) is 59.6 Å². The van der Waals surface area contributed by atoms with Crippen LogP contribution in [0.3, 0.4) is 0 Å². The molecule has 0 unspecified atom stereocenters. The summed E-state index contributed by atoms with van der Waals surface area (Å²) in [5, 5.41) is 5.40. The summed E-state index contributed by atoms with van der Waals surface area (Å²) in [6.45, 7) is 10.7. The van der Waals surface area contributed by atoms with Crippen LogP contribution >= 0.6 is 43.5 Å². The first-order valence-corrected chi connectivity index (χ1v) is 14.1. The van der Waals surface area contributed by atoms with Crippen molar-refractivity contribution in [3.63, 3.8) is 0 Å². The minimum absolute atomic E-state index is 0.261. The number of rotatable bonds is 7. The molecule has 4 rings (SSSR count). The molecule has 0 amide bonds. The van der Waals surface area contributed by atoms with Crippen LogP contribution in [0.15, 0.2) is 67.4 Å². The maximum atomic E-state index is 13.5. The van der Waals surface area contributed by atoms with E-state index in [1.54, 1.807) is 18.3 Å². The van der Waals surface area contributed by atoms with E-state index in [1.165, 1.54) is 4.68 Å². The quantitative estimate of drug-likeness (QED) is 0.188. The normalized spacial score (nSPS) is 11.9. The van der Waals surface area contributed by atoms with Gasteiger partial charge in [-0.3, -0.25) is 4.79 Å². The monoisotopic (exact) mass is 659 g/mol. The topological polar surface area (TPSA) is 65.7 Å². The lowest BCUT2D eigenvalue weighted by Gasteiger charge is -2.21. The van der Waals surface area contributed by atoms with Crippen LogP contribution in [-0.4, -0.2) is 22.5 Å². The van der Waals surface area contributed by atoms with Gasteiger partial charge < -0.3 is 9.47 Å². The fourth-order valence-corrected chi connectivity index (χ4v) is 4.93. The lowest BCUT2D eigenvalue weighted by Crippen LogP contribution is -2.29. The summed E-state index contributed by atoms with van der Waals surface area (Å²) in [6, 6.07) is 15.3. The van der Waals surface area contributed by atoms with Gasteiger partial charge in [0.15, 0.2) is 11.5 Å². The zero-order valence-corrected chi connectivity index (χ0v) is 25.7. The number of hydrogen-bond acceptors (Lipinski definition) is 5. The van der Waals surface area contributed by atoms with Crippen LogP contribution in [0.5, 0.6) is 11.5 Å². The third kappa shape index (κ3) is 6.14. The molecule has 6 nitrogen and oxygen atoms in total. The first-order valence-electron chi connectivity index (χ1n) is 12.1. The van der Waals surface area contributed by atoms with E-state index in [9.17, 15) is 4.79 Å². The summed E-state index contributed by atoms with van der Waals surface area (Å²) >= 11 is 13.8. The van der Waals surface area contributed by atoms with Gasteiger partial charge in [0.25, 0.3) is 5.56 Å². The highest BCUT2D eigenvalue weighted by Crippen LogP contribution is 2.42. The molecule has 0 saturated carbocycles. The van der Waals surface area contributed by atoms with Crippen LogP contribution in [0.1, 0.15) is 50.2 Å². The molecule has 9 heteroatoms. The molecule has 0 fully saturated rings. The number of fused-ring (bicyclic) bond motifs is 1. The Morgan fingerprint density at radius 3 is 2.55 bits per heavy atom. The summed E-state index contributed by atoms with van der Waals surface area (Å²) in [7, 11) is 0. The molecule has 1 aromatic heterocycles. The summed E-state index contributed by atoms with van der Waals surface area (Å²) in [5.74, 6) is 1.46. The molecule has 38 heavy (non-hydrogen) atoms. The fraction of sp³-hybridized carbons (Fsp3) is 0.276. The molecule has 4 aromatic rings. The third-order valence-electron chi connectivity index (χ3n) is 5.71. The third-order valence-corrected chi connectivity index (χ3v) is 7.65.